The van der Waals surface area contributed by atoms with E-state index in [1.54, 1.807) is 7.11 Å². The molecular formula is C23H33BO3Si. The van der Waals surface area contributed by atoms with Gasteiger partial charge < -0.3 is 14.0 Å². The Hall–Kier alpha value is -1.56. The van der Waals surface area contributed by atoms with E-state index in [2.05, 4.69) is 89.3 Å². The predicted octanol–water partition coefficient (Wildman–Crippen LogP) is 4.85. The molecule has 5 heteroatoms. The van der Waals surface area contributed by atoms with Crippen molar-refractivity contribution >= 4 is 20.4 Å². The van der Waals surface area contributed by atoms with Gasteiger partial charge in [0.05, 0.1) is 26.4 Å². The Morgan fingerprint density at radius 2 is 1.54 bits per heavy atom. The Morgan fingerprint density at radius 1 is 0.929 bits per heavy atom. The van der Waals surface area contributed by atoms with Crippen molar-refractivity contribution in [3.8, 4) is 5.75 Å². The van der Waals surface area contributed by atoms with Crippen molar-refractivity contribution < 1.29 is 14.0 Å². The van der Waals surface area contributed by atoms with Gasteiger partial charge in [-0.05, 0) is 57.3 Å². The molecule has 1 fully saturated rings. The Bertz CT molecular complexity index is 789. The van der Waals surface area contributed by atoms with Crippen molar-refractivity contribution in [3.63, 3.8) is 0 Å². The molecule has 28 heavy (non-hydrogen) atoms. The zero-order chi connectivity index (χ0) is 20.6. The van der Waals surface area contributed by atoms with E-state index < -0.39 is 8.07 Å². The van der Waals surface area contributed by atoms with Gasteiger partial charge in [-0.25, -0.2) is 0 Å². The van der Waals surface area contributed by atoms with Gasteiger partial charge in [-0.2, -0.15) is 0 Å². The van der Waals surface area contributed by atoms with Crippen LogP contribution in [0.4, 0.5) is 0 Å². The lowest BCUT2D eigenvalue weighted by atomic mass is 9.80. The number of methoxy groups -OCH3 is 1. The molecule has 1 saturated heterocycles. The van der Waals surface area contributed by atoms with Crippen LogP contribution in [0.15, 0.2) is 54.6 Å². The molecule has 0 bridgehead atoms. The highest BCUT2D eigenvalue weighted by Crippen LogP contribution is 2.43. The number of hydrogen-bond donors (Lipinski definition) is 0. The van der Waals surface area contributed by atoms with Gasteiger partial charge in [-0.3, -0.25) is 0 Å². The van der Waals surface area contributed by atoms with Gasteiger partial charge >= 0.3 is 7.12 Å². The van der Waals surface area contributed by atoms with Crippen LogP contribution in [-0.4, -0.2) is 33.5 Å². The first-order valence-electron chi connectivity index (χ1n) is 10.1. The molecule has 150 valence electrons. The standard InChI is InChI=1S/C23H33BO3Si/c1-22(2)23(3,4)27-24(26-22)21(17-18-12-11-13-19(16-18)25-5)28(6,7)20-14-9-8-10-15-20/h8-16,21H,17H2,1-7H3/t21-/m0/s1. The summed E-state index contributed by atoms with van der Waals surface area (Å²) in [6, 6.07) is 19.2. The second-order valence-corrected chi connectivity index (χ2v) is 14.1. The van der Waals surface area contributed by atoms with E-state index in [0.717, 1.165) is 12.2 Å². The summed E-state index contributed by atoms with van der Waals surface area (Å²) in [5.41, 5.74) is 0.885. The second-order valence-electron chi connectivity index (χ2n) is 9.37. The molecule has 0 N–H and O–H groups in total. The van der Waals surface area contributed by atoms with Gasteiger partial charge in [0.25, 0.3) is 0 Å². The van der Waals surface area contributed by atoms with Crippen LogP contribution in [0.3, 0.4) is 0 Å². The van der Waals surface area contributed by atoms with Gasteiger partial charge in [0.1, 0.15) is 5.75 Å². The molecule has 0 aliphatic carbocycles. The summed E-state index contributed by atoms with van der Waals surface area (Å²) < 4.78 is 18.5. The molecule has 3 nitrogen and oxygen atoms in total. The first kappa shape index (κ1) is 21.2. The number of benzene rings is 2. The van der Waals surface area contributed by atoms with E-state index in [1.165, 1.54) is 10.8 Å². The summed E-state index contributed by atoms with van der Waals surface area (Å²) in [4.78, 5) is 0. The molecule has 2 aromatic rings. The van der Waals surface area contributed by atoms with Crippen molar-refractivity contribution in [2.45, 2.75) is 63.9 Å². The molecule has 0 unspecified atom stereocenters. The maximum absolute atomic E-state index is 6.54. The monoisotopic (exact) mass is 396 g/mol. The van der Waals surface area contributed by atoms with Crippen molar-refractivity contribution in [2.24, 2.45) is 0 Å². The summed E-state index contributed by atoms with van der Waals surface area (Å²) in [6.07, 6.45) is 0.905. The predicted molar refractivity (Wildman–Crippen MR) is 120 cm³/mol. The Balaban J connectivity index is 1.99. The van der Waals surface area contributed by atoms with E-state index in [1.807, 2.05) is 6.07 Å². The highest BCUT2D eigenvalue weighted by molar-refractivity contribution is 6.97. The first-order valence-corrected chi connectivity index (χ1v) is 13.2. The van der Waals surface area contributed by atoms with Crippen LogP contribution in [0.2, 0.25) is 18.5 Å². The molecule has 1 heterocycles. The largest absolute Gasteiger partial charge is 0.497 e. The van der Waals surface area contributed by atoms with E-state index in [0.29, 0.717) is 0 Å². The zero-order valence-electron chi connectivity index (χ0n) is 18.3. The minimum absolute atomic E-state index is 0.224. The number of hydrogen-bond acceptors (Lipinski definition) is 3. The molecule has 2 aromatic carbocycles. The lowest BCUT2D eigenvalue weighted by Crippen LogP contribution is -2.53. The summed E-state index contributed by atoms with van der Waals surface area (Å²) in [6.45, 7) is 13.4. The SMILES string of the molecule is COc1cccc(C[C@@H](B2OC(C)(C)C(C)(C)O2)[Si](C)(C)c2ccccc2)c1. The van der Waals surface area contributed by atoms with Gasteiger partial charge in [-0.15, -0.1) is 0 Å². The van der Waals surface area contributed by atoms with E-state index in [4.69, 9.17) is 14.0 Å². The second kappa shape index (κ2) is 7.70. The van der Waals surface area contributed by atoms with E-state index in [-0.39, 0.29) is 23.8 Å². The van der Waals surface area contributed by atoms with Gasteiger partial charge in [0, 0.05) is 0 Å². The fraction of sp³-hybridized carbons (Fsp3) is 0.478. The van der Waals surface area contributed by atoms with Crippen LogP contribution in [0.5, 0.6) is 5.75 Å². The van der Waals surface area contributed by atoms with Crippen LogP contribution in [0, 0.1) is 0 Å². The summed E-state index contributed by atoms with van der Waals surface area (Å²) in [5.74, 6) is 0.893. The molecule has 3 rings (SSSR count). The highest BCUT2D eigenvalue weighted by atomic mass is 28.3. The van der Waals surface area contributed by atoms with E-state index >= 15 is 0 Å². The fourth-order valence-electron chi connectivity index (χ4n) is 3.88. The quantitative estimate of drug-likeness (QED) is 0.653. The third-order valence-corrected chi connectivity index (χ3v) is 10.8. The Kier molecular flexibility index (Phi) is 5.81. The first-order chi connectivity index (χ1) is 13.1. The normalized spacial score (nSPS) is 19.5. The molecule has 0 aromatic heterocycles. The van der Waals surface area contributed by atoms with Crippen LogP contribution >= 0.6 is 0 Å². The average Bonchev–Trinajstić information content (AvgIpc) is 2.87. The van der Waals surface area contributed by atoms with Crippen molar-refractivity contribution in [1.29, 1.82) is 0 Å². The molecule has 1 aliphatic heterocycles. The molecule has 0 saturated carbocycles. The fourth-order valence-corrected chi connectivity index (χ4v) is 6.92. The average molecular weight is 396 g/mol. The van der Waals surface area contributed by atoms with Crippen LogP contribution in [0.25, 0.3) is 0 Å². The van der Waals surface area contributed by atoms with Crippen LogP contribution in [0.1, 0.15) is 33.3 Å². The number of rotatable bonds is 6. The smallest absolute Gasteiger partial charge is 0.458 e. The van der Waals surface area contributed by atoms with Gasteiger partial charge in [0.2, 0.25) is 0 Å². The molecule has 0 amide bonds. The summed E-state index contributed by atoms with van der Waals surface area (Å²) >= 11 is 0. The van der Waals surface area contributed by atoms with E-state index in [9.17, 15) is 0 Å². The molecule has 1 aliphatic rings. The minimum atomic E-state index is -1.90. The van der Waals surface area contributed by atoms with Crippen LogP contribution in [-0.2, 0) is 15.7 Å². The Morgan fingerprint density at radius 3 is 2.11 bits per heavy atom. The lowest BCUT2D eigenvalue weighted by molar-refractivity contribution is 0.00578. The third kappa shape index (κ3) is 4.07. The zero-order valence-corrected chi connectivity index (χ0v) is 19.3. The number of ether oxygens (including phenoxy) is 1. The minimum Gasteiger partial charge on any atom is -0.497 e. The summed E-state index contributed by atoms with van der Waals surface area (Å²) in [7, 11) is -0.408. The summed E-state index contributed by atoms with van der Waals surface area (Å²) in [5, 5.41) is 1.43. The third-order valence-electron chi connectivity index (χ3n) is 6.63. The maximum atomic E-state index is 6.54. The molecule has 0 spiro atoms. The van der Waals surface area contributed by atoms with Gasteiger partial charge in [0.15, 0.2) is 0 Å². The van der Waals surface area contributed by atoms with Crippen LogP contribution < -0.4 is 9.92 Å². The lowest BCUT2D eigenvalue weighted by Gasteiger charge is -2.34. The van der Waals surface area contributed by atoms with Crippen molar-refractivity contribution in [3.05, 3.63) is 60.2 Å². The molecular weight excluding hydrogens is 363 g/mol. The molecule has 0 radical (unpaired) electrons. The Labute approximate surface area is 171 Å². The highest BCUT2D eigenvalue weighted by Gasteiger charge is 2.57. The van der Waals surface area contributed by atoms with Gasteiger partial charge in [-0.1, -0.05) is 60.7 Å². The molecule has 1 atom stereocenters. The topological polar surface area (TPSA) is 27.7 Å². The maximum Gasteiger partial charge on any atom is 0.458 e. The van der Waals surface area contributed by atoms with Crippen molar-refractivity contribution in [2.75, 3.05) is 7.11 Å². The van der Waals surface area contributed by atoms with Crippen molar-refractivity contribution in [1.82, 2.24) is 0 Å².